The number of aromatic nitrogens is 3. The summed E-state index contributed by atoms with van der Waals surface area (Å²) >= 11 is 0. The molecule has 0 amide bonds. The van der Waals surface area contributed by atoms with Crippen LogP contribution in [0.4, 0.5) is 5.69 Å². The van der Waals surface area contributed by atoms with E-state index in [0.29, 0.717) is 0 Å². The standard InChI is InChI=1S/C13H18N4/c1-13(2,3)12-10(8-17(4)16-12)11-7-9(14)5-6-15-11/h5-8H,1-4H3,(H2,14,15). The summed E-state index contributed by atoms with van der Waals surface area (Å²) < 4.78 is 1.82. The van der Waals surface area contributed by atoms with Gasteiger partial charge in [0.05, 0.1) is 11.4 Å². The molecule has 0 unspecified atom stereocenters. The van der Waals surface area contributed by atoms with Gasteiger partial charge in [0.1, 0.15) is 0 Å². The fraction of sp³-hybridized carbons (Fsp3) is 0.385. The first-order chi connectivity index (χ1) is 7.88. The maximum atomic E-state index is 5.79. The van der Waals surface area contributed by atoms with E-state index in [0.717, 1.165) is 22.6 Å². The van der Waals surface area contributed by atoms with E-state index in [-0.39, 0.29) is 5.41 Å². The molecular formula is C13H18N4. The molecule has 2 N–H and O–H groups in total. The van der Waals surface area contributed by atoms with Crippen molar-refractivity contribution in [2.45, 2.75) is 26.2 Å². The third-order valence-electron chi connectivity index (χ3n) is 2.60. The smallest absolute Gasteiger partial charge is 0.0771 e. The van der Waals surface area contributed by atoms with Crippen LogP contribution < -0.4 is 5.73 Å². The van der Waals surface area contributed by atoms with Crippen LogP contribution in [0.1, 0.15) is 26.5 Å². The number of nitrogens with zero attached hydrogens (tertiary/aromatic N) is 3. The second-order valence-corrected chi connectivity index (χ2v) is 5.29. The Morgan fingerprint density at radius 1 is 1.29 bits per heavy atom. The van der Waals surface area contributed by atoms with Crippen molar-refractivity contribution < 1.29 is 0 Å². The molecule has 0 aromatic carbocycles. The van der Waals surface area contributed by atoms with Crippen molar-refractivity contribution in [3.63, 3.8) is 0 Å². The summed E-state index contributed by atoms with van der Waals surface area (Å²) in [5.74, 6) is 0. The summed E-state index contributed by atoms with van der Waals surface area (Å²) in [6.45, 7) is 6.43. The van der Waals surface area contributed by atoms with Gasteiger partial charge in [0.15, 0.2) is 0 Å². The second-order valence-electron chi connectivity index (χ2n) is 5.29. The third kappa shape index (κ3) is 2.30. The normalized spacial score (nSPS) is 11.8. The Bertz CT molecular complexity index is 535. The molecule has 2 aromatic heterocycles. The van der Waals surface area contributed by atoms with Crippen molar-refractivity contribution in [3.8, 4) is 11.3 Å². The van der Waals surface area contributed by atoms with E-state index in [1.54, 1.807) is 12.3 Å². The lowest BCUT2D eigenvalue weighted by molar-refractivity contribution is 0.554. The molecule has 4 heteroatoms. The van der Waals surface area contributed by atoms with Crippen molar-refractivity contribution in [2.24, 2.45) is 7.05 Å². The minimum atomic E-state index is -0.0110. The van der Waals surface area contributed by atoms with E-state index in [4.69, 9.17) is 5.73 Å². The van der Waals surface area contributed by atoms with Gasteiger partial charge < -0.3 is 5.73 Å². The van der Waals surface area contributed by atoms with Gasteiger partial charge in [-0.2, -0.15) is 5.10 Å². The molecule has 17 heavy (non-hydrogen) atoms. The Hall–Kier alpha value is -1.84. The molecule has 0 saturated carbocycles. The number of rotatable bonds is 1. The highest BCUT2D eigenvalue weighted by molar-refractivity contribution is 5.65. The Kier molecular flexibility index (Phi) is 2.65. The molecule has 0 aliphatic rings. The number of hydrogen-bond acceptors (Lipinski definition) is 3. The lowest BCUT2D eigenvalue weighted by Gasteiger charge is -2.17. The van der Waals surface area contributed by atoms with E-state index < -0.39 is 0 Å². The number of pyridine rings is 1. The highest BCUT2D eigenvalue weighted by Crippen LogP contribution is 2.31. The average Bonchev–Trinajstić information content (AvgIpc) is 2.60. The molecule has 0 aliphatic heterocycles. The third-order valence-corrected chi connectivity index (χ3v) is 2.60. The minimum Gasteiger partial charge on any atom is -0.399 e. The van der Waals surface area contributed by atoms with Crippen molar-refractivity contribution in [3.05, 3.63) is 30.2 Å². The highest BCUT2D eigenvalue weighted by Gasteiger charge is 2.23. The zero-order valence-electron chi connectivity index (χ0n) is 10.7. The molecule has 90 valence electrons. The molecule has 0 fully saturated rings. The molecule has 2 rings (SSSR count). The van der Waals surface area contributed by atoms with Gasteiger partial charge in [0.25, 0.3) is 0 Å². The van der Waals surface area contributed by atoms with Crippen LogP contribution in [0.3, 0.4) is 0 Å². The van der Waals surface area contributed by atoms with Crippen LogP contribution >= 0.6 is 0 Å². The Labute approximate surface area is 101 Å². The molecule has 0 aliphatic carbocycles. The van der Waals surface area contributed by atoms with Gasteiger partial charge in [-0.05, 0) is 12.1 Å². The molecule has 2 heterocycles. The fourth-order valence-corrected chi connectivity index (χ4v) is 1.82. The van der Waals surface area contributed by atoms with Crippen LogP contribution in [0, 0.1) is 0 Å². The van der Waals surface area contributed by atoms with Gasteiger partial charge in [0, 0.05) is 36.1 Å². The zero-order chi connectivity index (χ0) is 12.6. The van der Waals surface area contributed by atoms with Crippen LogP contribution in [-0.2, 0) is 12.5 Å². The van der Waals surface area contributed by atoms with Crippen LogP contribution in [0.2, 0.25) is 0 Å². The van der Waals surface area contributed by atoms with Gasteiger partial charge in [-0.3, -0.25) is 9.67 Å². The number of aryl methyl sites for hydroxylation is 1. The molecule has 0 radical (unpaired) electrons. The Morgan fingerprint density at radius 2 is 2.00 bits per heavy atom. The van der Waals surface area contributed by atoms with Crippen molar-refractivity contribution in [1.82, 2.24) is 14.8 Å². The summed E-state index contributed by atoms with van der Waals surface area (Å²) in [6.07, 6.45) is 3.71. The van der Waals surface area contributed by atoms with Crippen molar-refractivity contribution >= 4 is 5.69 Å². The molecule has 0 bridgehead atoms. The van der Waals surface area contributed by atoms with Gasteiger partial charge in [-0.15, -0.1) is 0 Å². The van der Waals surface area contributed by atoms with Crippen LogP contribution in [0.5, 0.6) is 0 Å². The quantitative estimate of drug-likeness (QED) is 0.818. The molecular weight excluding hydrogens is 212 g/mol. The van der Waals surface area contributed by atoms with Crippen LogP contribution in [0.25, 0.3) is 11.3 Å². The predicted molar refractivity (Wildman–Crippen MR) is 69.6 cm³/mol. The van der Waals surface area contributed by atoms with Crippen LogP contribution in [0.15, 0.2) is 24.5 Å². The number of nitrogen functional groups attached to an aromatic ring is 1. The van der Waals surface area contributed by atoms with Gasteiger partial charge in [0.2, 0.25) is 0 Å². The van der Waals surface area contributed by atoms with E-state index in [1.165, 1.54) is 0 Å². The van der Waals surface area contributed by atoms with E-state index in [9.17, 15) is 0 Å². The minimum absolute atomic E-state index is 0.0110. The Morgan fingerprint density at radius 3 is 2.59 bits per heavy atom. The first-order valence-electron chi connectivity index (χ1n) is 5.64. The Balaban J connectivity index is 2.60. The van der Waals surface area contributed by atoms with Gasteiger partial charge in [-0.25, -0.2) is 0 Å². The SMILES string of the molecule is Cn1cc(-c2cc(N)ccn2)c(C(C)(C)C)n1. The summed E-state index contributed by atoms with van der Waals surface area (Å²) in [7, 11) is 1.92. The van der Waals surface area contributed by atoms with Gasteiger partial charge >= 0.3 is 0 Å². The van der Waals surface area contributed by atoms with Crippen molar-refractivity contribution in [2.75, 3.05) is 5.73 Å². The monoisotopic (exact) mass is 230 g/mol. The number of anilines is 1. The summed E-state index contributed by atoms with van der Waals surface area (Å²) in [5, 5.41) is 4.52. The largest absolute Gasteiger partial charge is 0.399 e. The number of nitrogens with two attached hydrogens (primary N) is 1. The first-order valence-corrected chi connectivity index (χ1v) is 5.64. The van der Waals surface area contributed by atoms with E-state index in [2.05, 4.69) is 30.9 Å². The van der Waals surface area contributed by atoms with Crippen molar-refractivity contribution in [1.29, 1.82) is 0 Å². The zero-order valence-corrected chi connectivity index (χ0v) is 10.7. The summed E-state index contributed by atoms with van der Waals surface area (Å²) in [6, 6.07) is 3.67. The molecule has 2 aromatic rings. The highest BCUT2D eigenvalue weighted by atomic mass is 15.3. The molecule has 0 spiro atoms. The average molecular weight is 230 g/mol. The molecule has 0 atom stereocenters. The molecule has 0 saturated heterocycles. The second kappa shape index (κ2) is 3.87. The summed E-state index contributed by atoms with van der Waals surface area (Å²) in [4.78, 5) is 4.36. The van der Waals surface area contributed by atoms with E-state index >= 15 is 0 Å². The predicted octanol–water partition coefficient (Wildman–Crippen LogP) is 2.36. The lowest BCUT2D eigenvalue weighted by atomic mass is 9.88. The lowest BCUT2D eigenvalue weighted by Crippen LogP contribution is -2.14. The number of hydrogen-bond donors (Lipinski definition) is 1. The molecule has 4 nitrogen and oxygen atoms in total. The first kappa shape index (κ1) is 11.6. The van der Waals surface area contributed by atoms with E-state index in [1.807, 2.05) is 24.0 Å². The fourth-order valence-electron chi connectivity index (χ4n) is 1.82. The van der Waals surface area contributed by atoms with Gasteiger partial charge in [-0.1, -0.05) is 20.8 Å². The van der Waals surface area contributed by atoms with Crippen LogP contribution in [-0.4, -0.2) is 14.8 Å². The maximum Gasteiger partial charge on any atom is 0.0771 e. The summed E-state index contributed by atoms with van der Waals surface area (Å²) in [5.41, 5.74) is 9.47. The topological polar surface area (TPSA) is 56.7 Å². The maximum absolute atomic E-state index is 5.79.